The highest BCUT2D eigenvalue weighted by Crippen LogP contribution is 2.23. The molecular weight excluding hydrogens is 356 g/mol. The fourth-order valence-electron chi connectivity index (χ4n) is 2.39. The molecule has 1 heterocycles. The Hall–Kier alpha value is -2.31. The number of para-hydroxylation sites is 2. The summed E-state index contributed by atoms with van der Waals surface area (Å²) in [6, 6.07) is 15.3. The van der Waals surface area contributed by atoms with Crippen molar-refractivity contribution in [1.82, 2.24) is 15.0 Å². The number of halogens is 1. The third kappa shape index (κ3) is 4.21. The number of rotatable bonds is 6. The molecule has 0 bridgehead atoms. The lowest BCUT2D eigenvalue weighted by atomic mass is 10.2. The third-order valence-electron chi connectivity index (χ3n) is 3.57. The van der Waals surface area contributed by atoms with E-state index in [1.165, 1.54) is 18.0 Å². The van der Waals surface area contributed by atoms with Gasteiger partial charge >= 0.3 is 0 Å². The van der Waals surface area contributed by atoms with E-state index < -0.39 is 0 Å². The molecule has 0 aliphatic heterocycles. The smallest absolute Gasteiger partial charge is 0.250 e. The van der Waals surface area contributed by atoms with Crippen LogP contribution in [0, 0.1) is 0 Å². The second kappa shape index (κ2) is 8.18. The van der Waals surface area contributed by atoms with Gasteiger partial charge in [0.15, 0.2) is 5.16 Å². The molecule has 0 atom stereocenters. The van der Waals surface area contributed by atoms with Gasteiger partial charge in [-0.1, -0.05) is 53.7 Å². The maximum Gasteiger partial charge on any atom is 0.250 e. The lowest BCUT2D eigenvalue weighted by molar-refractivity contribution is -0.118. The second-order valence-corrected chi connectivity index (χ2v) is 6.58. The zero-order chi connectivity index (χ0) is 17.6. The van der Waals surface area contributed by atoms with Crippen molar-refractivity contribution >= 4 is 46.5 Å². The average Bonchev–Trinajstić information content (AvgIpc) is 2.99. The number of carbonyl (C=O) groups excluding carboxylic acids is 1. The molecule has 0 radical (unpaired) electrons. The number of aryl methyl sites for hydroxylation is 1. The zero-order valence-electron chi connectivity index (χ0n) is 13.6. The lowest BCUT2D eigenvalue weighted by Crippen LogP contribution is -2.20. The van der Waals surface area contributed by atoms with Gasteiger partial charge < -0.3 is 4.57 Å². The molecule has 2 aromatic carbocycles. The van der Waals surface area contributed by atoms with Crippen LogP contribution in [0.4, 0.5) is 0 Å². The van der Waals surface area contributed by atoms with Crippen molar-refractivity contribution in [2.75, 3.05) is 5.75 Å². The summed E-state index contributed by atoms with van der Waals surface area (Å²) in [5, 5.41) is 5.37. The van der Waals surface area contributed by atoms with Crippen molar-refractivity contribution in [3.63, 3.8) is 0 Å². The Kier molecular flexibility index (Phi) is 5.73. The summed E-state index contributed by atoms with van der Waals surface area (Å²) in [6.07, 6.45) is 1.53. The first kappa shape index (κ1) is 17.5. The van der Waals surface area contributed by atoms with Crippen molar-refractivity contribution in [2.45, 2.75) is 18.6 Å². The van der Waals surface area contributed by atoms with Gasteiger partial charge in [-0.25, -0.2) is 10.4 Å². The maximum absolute atomic E-state index is 12.0. The van der Waals surface area contributed by atoms with Gasteiger partial charge in [-0.05, 0) is 25.1 Å². The number of thioether (sulfide) groups is 1. The van der Waals surface area contributed by atoms with Gasteiger partial charge in [0.05, 0.1) is 23.0 Å². The van der Waals surface area contributed by atoms with Crippen molar-refractivity contribution < 1.29 is 4.79 Å². The predicted octanol–water partition coefficient (Wildman–Crippen LogP) is 3.95. The summed E-state index contributed by atoms with van der Waals surface area (Å²) in [6.45, 7) is 2.86. The first-order valence-corrected chi connectivity index (χ1v) is 9.20. The molecule has 0 unspecified atom stereocenters. The zero-order valence-corrected chi connectivity index (χ0v) is 15.2. The van der Waals surface area contributed by atoms with Crippen LogP contribution in [0.2, 0.25) is 5.02 Å². The van der Waals surface area contributed by atoms with Crippen LogP contribution in [0.5, 0.6) is 0 Å². The molecule has 0 fully saturated rings. The van der Waals surface area contributed by atoms with E-state index in [9.17, 15) is 4.79 Å². The van der Waals surface area contributed by atoms with Gasteiger partial charge in [-0.2, -0.15) is 5.10 Å². The fraction of sp³-hybridized carbons (Fsp3) is 0.167. The molecule has 1 amide bonds. The Morgan fingerprint density at radius 3 is 2.84 bits per heavy atom. The van der Waals surface area contributed by atoms with Crippen LogP contribution in [0.25, 0.3) is 11.0 Å². The summed E-state index contributed by atoms with van der Waals surface area (Å²) in [5.41, 5.74) is 5.28. The van der Waals surface area contributed by atoms with Crippen molar-refractivity contribution in [2.24, 2.45) is 5.10 Å². The highest BCUT2D eigenvalue weighted by atomic mass is 35.5. The van der Waals surface area contributed by atoms with Crippen LogP contribution in [-0.4, -0.2) is 27.4 Å². The Bertz CT molecular complexity index is 922. The standard InChI is InChI=1S/C18H17ClN4OS/c1-2-23-16-10-6-5-9-15(16)21-18(23)25-12-17(24)22-20-11-13-7-3-4-8-14(13)19/h3-11H,2,12H2,1H3,(H,22,24). The molecule has 0 aliphatic carbocycles. The van der Waals surface area contributed by atoms with E-state index in [0.717, 1.165) is 28.3 Å². The van der Waals surface area contributed by atoms with Gasteiger partial charge in [0, 0.05) is 17.1 Å². The molecular formula is C18H17ClN4OS. The van der Waals surface area contributed by atoms with Gasteiger partial charge in [0.1, 0.15) is 0 Å². The molecule has 0 spiro atoms. The minimum absolute atomic E-state index is 0.192. The Morgan fingerprint density at radius 2 is 2.04 bits per heavy atom. The third-order valence-corrected chi connectivity index (χ3v) is 4.89. The van der Waals surface area contributed by atoms with E-state index in [-0.39, 0.29) is 11.7 Å². The highest BCUT2D eigenvalue weighted by Gasteiger charge is 2.11. The van der Waals surface area contributed by atoms with Crippen LogP contribution in [0.15, 0.2) is 58.8 Å². The number of benzene rings is 2. The van der Waals surface area contributed by atoms with Gasteiger partial charge in [0.25, 0.3) is 5.91 Å². The number of nitrogens with zero attached hydrogens (tertiary/aromatic N) is 3. The predicted molar refractivity (Wildman–Crippen MR) is 103 cm³/mol. The number of hydrogen-bond donors (Lipinski definition) is 1. The topological polar surface area (TPSA) is 59.3 Å². The van der Waals surface area contributed by atoms with Gasteiger partial charge in [-0.3, -0.25) is 4.79 Å². The largest absolute Gasteiger partial charge is 0.319 e. The molecule has 3 aromatic rings. The highest BCUT2D eigenvalue weighted by molar-refractivity contribution is 7.99. The molecule has 1 N–H and O–H groups in total. The number of hydrazone groups is 1. The molecule has 0 saturated heterocycles. The molecule has 3 rings (SSSR count). The van der Waals surface area contributed by atoms with Crippen molar-refractivity contribution in [3.8, 4) is 0 Å². The van der Waals surface area contributed by atoms with Gasteiger partial charge in [0.2, 0.25) is 0 Å². The van der Waals surface area contributed by atoms with Crippen LogP contribution in [0.1, 0.15) is 12.5 Å². The van der Waals surface area contributed by atoms with Gasteiger partial charge in [-0.15, -0.1) is 0 Å². The van der Waals surface area contributed by atoms with Crippen molar-refractivity contribution in [1.29, 1.82) is 0 Å². The number of imidazole rings is 1. The van der Waals surface area contributed by atoms with E-state index in [0.29, 0.717) is 5.02 Å². The van der Waals surface area contributed by atoms with E-state index in [4.69, 9.17) is 11.6 Å². The Labute approximate surface area is 155 Å². The molecule has 1 aromatic heterocycles. The van der Waals surface area contributed by atoms with Crippen LogP contribution in [0.3, 0.4) is 0 Å². The molecule has 25 heavy (non-hydrogen) atoms. The molecule has 5 nitrogen and oxygen atoms in total. The minimum Gasteiger partial charge on any atom is -0.319 e. The summed E-state index contributed by atoms with van der Waals surface area (Å²) in [5.74, 6) is 0.0476. The van der Waals surface area contributed by atoms with E-state index in [1.807, 2.05) is 42.5 Å². The Balaban J connectivity index is 1.60. The van der Waals surface area contributed by atoms with Crippen LogP contribution >= 0.6 is 23.4 Å². The lowest BCUT2D eigenvalue weighted by Gasteiger charge is -2.05. The molecule has 0 saturated carbocycles. The molecule has 0 aliphatic rings. The average molecular weight is 373 g/mol. The number of hydrogen-bond acceptors (Lipinski definition) is 4. The fourth-order valence-corrected chi connectivity index (χ4v) is 3.44. The van der Waals surface area contributed by atoms with Crippen LogP contribution in [-0.2, 0) is 11.3 Å². The summed E-state index contributed by atoms with van der Waals surface area (Å²) in [7, 11) is 0. The SMILES string of the molecule is CCn1c(SCC(=O)NN=Cc2ccccc2Cl)nc2ccccc21. The summed E-state index contributed by atoms with van der Waals surface area (Å²) >= 11 is 7.43. The molecule has 128 valence electrons. The van der Waals surface area contributed by atoms with E-state index >= 15 is 0 Å². The monoisotopic (exact) mass is 372 g/mol. The number of nitrogens with one attached hydrogen (secondary N) is 1. The van der Waals surface area contributed by atoms with E-state index in [2.05, 4.69) is 27.0 Å². The number of carbonyl (C=O) groups is 1. The quantitative estimate of drug-likeness (QED) is 0.405. The molecule has 7 heteroatoms. The first-order chi connectivity index (χ1) is 12.2. The summed E-state index contributed by atoms with van der Waals surface area (Å²) in [4.78, 5) is 16.6. The minimum atomic E-state index is -0.192. The van der Waals surface area contributed by atoms with Crippen molar-refractivity contribution in [3.05, 3.63) is 59.1 Å². The Morgan fingerprint density at radius 1 is 1.28 bits per heavy atom. The van der Waals surface area contributed by atoms with E-state index in [1.54, 1.807) is 6.07 Å². The number of amides is 1. The first-order valence-electron chi connectivity index (χ1n) is 7.83. The number of fused-ring (bicyclic) bond motifs is 1. The second-order valence-electron chi connectivity index (χ2n) is 5.23. The summed E-state index contributed by atoms with van der Waals surface area (Å²) < 4.78 is 2.10. The number of aromatic nitrogens is 2. The maximum atomic E-state index is 12.0. The normalized spacial score (nSPS) is 11.3. The van der Waals surface area contributed by atoms with Crippen LogP contribution < -0.4 is 5.43 Å².